The zero-order valence-electron chi connectivity index (χ0n) is 12.4. The van der Waals surface area contributed by atoms with Crippen molar-refractivity contribution < 1.29 is 9.53 Å². The lowest BCUT2D eigenvalue weighted by molar-refractivity contribution is -0.120. The third-order valence-corrected chi connectivity index (χ3v) is 3.78. The van der Waals surface area contributed by atoms with Gasteiger partial charge in [-0.1, -0.05) is 30.3 Å². The molecular formula is C18H20N2O2. The SMILES string of the molecule is O=C(Nc1ccccc1Oc1ccccc1)C1CCCNC1. The summed E-state index contributed by atoms with van der Waals surface area (Å²) >= 11 is 0. The van der Waals surface area contributed by atoms with Crippen molar-refractivity contribution >= 4 is 11.6 Å². The van der Waals surface area contributed by atoms with E-state index in [1.165, 1.54) is 0 Å². The summed E-state index contributed by atoms with van der Waals surface area (Å²) in [5.74, 6) is 1.49. The van der Waals surface area contributed by atoms with E-state index in [4.69, 9.17) is 4.74 Å². The van der Waals surface area contributed by atoms with E-state index in [2.05, 4.69) is 10.6 Å². The third kappa shape index (κ3) is 3.65. The van der Waals surface area contributed by atoms with Crippen LogP contribution in [0.3, 0.4) is 0 Å². The molecule has 1 amide bonds. The molecule has 0 saturated carbocycles. The fourth-order valence-corrected chi connectivity index (χ4v) is 2.58. The van der Waals surface area contributed by atoms with E-state index in [-0.39, 0.29) is 11.8 Å². The number of hydrogen-bond acceptors (Lipinski definition) is 3. The Morgan fingerprint density at radius 2 is 1.86 bits per heavy atom. The molecular weight excluding hydrogens is 276 g/mol. The van der Waals surface area contributed by atoms with Crippen LogP contribution in [0.1, 0.15) is 12.8 Å². The van der Waals surface area contributed by atoms with Gasteiger partial charge in [-0.05, 0) is 43.7 Å². The molecule has 2 aromatic rings. The van der Waals surface area contributed by atoms with Gasteiger partial charge in [0.05, 0.1) is 11.6 Å². The van der Waals surface area contributed by atoms with E-state index in [0.717, 1.165) is 31.7 Å². The zero-order chi connectivity index (χ0) is 15.2. The van der Waals surface area contributed by atoms with Gasteiger partial charge < -0.3 is 15.4 Å². The molecule has 1 fully saturated rings. The first-order valence-electron chi connectivity index (χ1n) is 7.66. The van der Waals surface area contributed by atoms with Crippen molar-refractivity contribution in [2.45, 2.75) is 12.8 Å². The van der Waals surface area contributed by atoms with Crippen LogP contribution in [-0.4, -0.2) is 19.0 Å². The first-order chi connectivity index (χ1) is 10.8. The van der Waals surface area contributed by atoms with Gasteiger partial charge in [0.15, 0.2) is 5.75 Å². The number of carbonyl (C=O) groups is 1. The molecule has 0 aromatic heterocycles. The van der Waals surface area contributed by atoms with E-state index in [0.29, 0.717) is 11.4 Å². The number of rotatable bonds is 4. The Kier molecular flexibility index (Phi) is 4.71. The fraction of sp³-hybridized carbons (Fsp3) is 0.278. The largest absolute Gasteiger partial charge is 0.455 e. The number of nitrogens with one attached hydrogen (secondary N) is 2. The van der Waals surface area contributed by atoms with E-state index < -0.39 is 0 Å². The predicted octanol–water partition coefficient (Wildman–Crippen LogP) is 3.42. The molecule has 1 unspecified atom stereocenters. The van der Waals surface area contributed by atoms with E-state index in [1.54, 1.807) is 0 Å². The molecule has 1 aliphatic rings. The van der Waals surface area contributed by atoms with Crippen LogP contribution in [-0.2, 0) is 4.79 Å². The van der Waals surface area contributed by atoms with Crippen molar-refractivity contribution in [2.24, 2.45) is 5.92 Å². The standard InChI is InChI=1S/C18H20N2O2/c21-18(14-7-6-12-19-13-14)20-16-10-4-5-11-17(16)22-15-8-2-1-3-9-15/h1-5,8-11,14,19H,6-7,12-13H2,(H,20,21). The van der Waals surface area contributed by atoms with Crippen LogP contribution in [0.2, 0.25) is 0 Å². The molecule has 1 heterocycles. The van der Waals surface area contributed by atoms with Crippen molar-refractivity contribution in [3.05, 3.63) is 54.6 Å². The summed E-state index contributed by atoms with van der Waals surface area (Å²) in [4.78, 5) is 12.4. The van der Waals surface area contributed by atoms with Crippen LogP contribution in [0.4, 0.5) is 5.69 Å². The topological polar surface area (TPSA) is 50.4 Å². The summed E-state index contributed by atoms with van der Waals surface area (Å²) in [5.41, 5.74) is 0.710. The van der Waals surface area contributed by atoms with E-state index in [9.17, 15) is 4.79 Å². The smallest absolute Gasteiger partial charge is 0.228 e. The molecule has 0 spiro atoms. The van der Waals surface area contributed by atoms with Crippen molar-refractivity contribution in [1.82, 2.24) is 5.32 Å². The Labute approximate surface area is 130 Å². The fourth-order valence-electron chi connectivity index (χ4n) is 2.58. The Morgan fingerprint density at radius 3 is 2.64 bits per heavy atom. The summed E-state index contributed by atoms with van der Waals surface area (Å²) in [5, 5.41) is 6.26. The molecule has 2 aromatic carbocycles. The van der Waals surface area contributed by atoms with Crippen LogP contribution in [0.25, 0.3) is 0 Å². The lowest BCUT2D eigenvalue weighted by Crippen LogP contribution is -2.37. The van der Waals surface area contributed by atoms with Crippen molar-refractivity contribution in [2.75, 3.05) is 18.4 Å². The van der Waals surface area contributed by atoms with Gasteiger partial charge in [0.1, 0.15) is 5.75 Å². The van der Waals surface area contributed by atoms with Gasteiger partial charge in [-0.2, -0.15) is 0 Å². The number of anilines is 1. The van der Waals surface area contributed by atoms with E-state index >= 15 is 0 Å². The molecule has 114 valence electrons. The molecule has 1 saturated heterocycles. The van der Waals surface area contributed by atoms with Crippen LogP contribution >= 0.6 is 0 Å². The number of amides is 1. The Bertz CT molecular complexity index is 622. The van der Waals surface area contributed by atoms with Crippen LogP contribution in [0.5, 0.6) is 11.5 Å². The van der Waals surface area contributed by atoms with Gasteiger partial charge >= 0.3 is 0 Å². The normalized spacial score (nSPS) is 17.7. The summed E-state index contributed by atoms with van der Waals surface area (Å²) in [7, 11) is 0. The number of para-hydroxylation sites is 3. The number of hydrogen-bond donors (Lipinski definition) is 2. The highest BCUT2D eigenvalue weighted by atomic mass is 16.5. The van der Waals surface area contributed by atoms with Crippen LogP contribution in [0, 0.1) is 5.92 Å². The van der Waals surface area contributed by atoms with Crippen molar-refractivity contribution in [1.29, 1.82) is 0 Å². The van der Waals surface area contributed by atoms with Gasteiger partial charge in [-0.15, -0.1) is 0 Å². The van der Waals surface area contributed by atoms with Crippen molar-refractivity contribution in [3.8, 4) is 11.5 Å². The highest BCUT2D eigenvalue weighted by Gasteiger charge is 2.21. The monoisotopic (exact) mass is 296 g/mol. The maximum absolute atomic E-state index is 12.4. The molecule has 0 bridgehead atoms. The summed E-state index contributed by atoms with van der Waals surface area (Å²) in [6, 6.07) is 17.1. The predicted molar refractivity (Wildman–Crippen MR) is 87.2 cm³/mol. The molecule has 2 N–H and O–H groups in total. The highest BCUT2D eigenvalue weighted by Crippen LogP contribution is 2.29. The molecule has 1 aliphatic heterocycles. The number of piperidine rings is 1. The minimum atomic E-state index is 0.0264. The maximum Gasteiger partial charge on any atom is 0.228 e. The van der Waals surface area contributed by atoms with Gasteiger partial charge in [-0.3, -0.25) is 4.79 Å². The molecule has 0 aliphatic carbocycles. The number of ether oxygens (including phenoxy) is 1. The Morgan fingerprint density at radius 1 is 1.09 bits per heavy atom. The third-order valence-electron chi connectivity index (χ3n) is 3.78. The summed E-state index contributed by atoms with van der Waals surface area (Å²) in [6.45, 7) is 1.74. The lowest BCUT2D eigenvalue weighted by atomic mass is 9.99. The average Bonchev–Trinajstić information content (AvgIpc) is 2.58. The highest BCUT2D eigenvalue weighted by molar-refractivity contribution is 5.94. The number of benzene rings is 2. The van der Waals surface area contributed by atoms with Crippen LogP contribution < -0.4 is 15.4 Å². The molecule has 3 rings (SSSR count). The quantitative estimate of drug-likeness (QED) is 0.909. The summed E-state index contributed by atoms with van der Waals surface area (Å²) < 4.78 is 5.87. The molecule has 4 nitrogen and oxygen atoms in total. The first-order valence-corrected chi connectivity index (χ1v) is 7.66. The Balaban J connectivity index is 1.72. The first kappa shape index (κ1) is 14.6. The van der Waals surface area contributed by atoms with Gasteiger partial charge in [-0.25, -0.2) is 0 Å². The second kappa shape index (κ2) is 7.09. The summed E-state index contributed by atoms with van der Waals surface area (Å²) in [6.07, 6.45) is 1.97. The minimum Gasteiger partial charge on any atom is -0.455 e. The molecule has 22 heavy (non-hydrogen) atoms. The van der Waals surface area contributed by atoms with Gasteiger partial charge in [0.25, 0.3) is 0 Å². The number of carbonyl (C=O) groups excluding carboxylic acids is 1. The molecule has 4 heteroatoms. The van der Waals surface area contributed by atoms with Crippen LogP contribution in [0.15, 0.2) is 54.6 Å². The van der Waals surface area contributed by atoms with Gasteiger partial charge in [0.2, 0.25) is 5.91 Å². The molecule has 1 atom stereocenters. The van der Waals surface area contributed by atoms with E-state index in [1.807, 2.05) is 54.6 Å². The Hall–Kier alpha value is -2.33. The zero-order valence-corrected chi connectivity index (χ0v) is 12.4. The maximum atomic E-state index is 12.4. The van der Waals surface area contributed by atoms with Crippen molar-refractivity contribution in [3.63, 3.8) is 0 Å². The second-order valence-electron chi connectivity index (χ2n) is 5.44. The lowest BCUT2D eigenvalue weighted by Gasteiger charge is -2.22. The molecule has 0 radical (unpaired) electrons. The average molecular weight is 296 g/mol. The second-order valence-corrected chi connectivity index (χ2v) is 5.44. The minimum absolute atomic E-state index is 0.0264. The van der Waals surface area contributed by atoms with Gasteiger partial charge in [0, 0.05) is 6.54 Å².